The molecule has 0 unspecified atom stereocenters. The Morgan fingerprint density at radius 3 is 1.47 bits per heavy atom. The minimum Gasteiger partial charge on any atom is -0.493 e. The first kappa shape index (κ1) is 48.2. The highest BCUT2D eigenvalue weighted by Gasteiger charge is 2.25. The molecule has 9 rings (SSSR count). The van der Waals surface area contributed by atoms with E-state index in [1.165, 1.54) is 38.4 Å². The summed E-state index contributed by atoms with van der Waals surface area (Å²) in [4.78, 5) is 53.1. The normalized spacial score (nSPS) is 11.4. The molecule has 13 heteroatoms. The summed E-state index contributed by atoms with van der Waals surface area (Å²) in [7, 11) is 3.08. The van der Waals surface area contributed by atoms with Crippen molar-refractivity contribution in [2.75, 3.05) is 27.2 Å². The number of nitrogens with one attached hydrogen (secondary N) is 4. The van der Waals surface area contributed by atoms with Gasteiger partial charge in [-0.3, -0.25) is 19.2 Å². The highest BCUT2D eigenvalue weighted by Crippen LogP contribution is 2.38. The van der Waals surface area contributed by atoms with Gasteiger partial charge in [0.2, 0.25) is 0 Å². The number of carbonyl (C=O) groups excluding carboxylic acids is 4. The van der Waals surface area contributed by atoms with E-state index in [1.807, 2.05) is 66.7 Å². The molecule has 72 heavy (non-hydrogen) atoms. The maximum absolute atomic E-state index is 13.7. The maximum atomic E-state index is 13.7. The molecule has 0 aliphatic heterocycles. The molecule has 0 bridgehead atoms. The molecule has 0 aliphatic carbocycles. The summed E-state index contributed by atoms with van der Waals surface area (Å²) in [5.74, 6) is -0.658. The number of amides is 4. The SMILES string of the molecule is CNC(=O)c1c(-c2ccc(F)cc2)oc2ccc(-c3cccc(C(=O)NCCC(C)(C)COc4cccc(CNC(=O)c5cccc(-c6ccc7oc(-c8ccc(F)cc8)c(C(=O)NC)c7c6)c5)c4)c3)cc12. The number of fused-ring (bicyclic) bond motifs is 2. The second-order valence-electron chi connectivity index (χ2n) is 18.2. The third kappa shape index (κ3) is 10.5. The van der Waals surface area contributed by atoms with E-state index in [0.717, 1.165) is 27.8 Å². The number of benzene rings is 7. The van der Waals surface area contributed by atoms with Crippen molar-refractivity contribution in [1.29, 1.82) is 0 Å². The fraction of sp³-hybridized carbons (Fsp3) is 0.153. The fourth-order valence-corrected chi connectivity index (χ4v) is 8.54. The van der Waals surface area contributed by atoms with Crippen LogP contribution in [0.25, 0.3) is 66.8 Å². The third-order valence-corrected chi connectivity index (χ3v) is 12.5. The Labute approximate surface area is 414 Å². The van der Waals surface area contributed by atoms with E-state index in [2.05, 4.69) is 35.1 Å². The lowest BCUT2D eigenvalue weighted by Gasteiger charge is -2.25. The van der Waals surface area contributed by atoms with Gasteiger partial charge in [0.05, 0.1) is 17.7 Å². The van der Waals surface area contributed by atoms with Crippen molar-refractivity contribution in [3.8, 4) is 50.7 Å². The molecule has 0 fully saturated rings. The van der Waals surface area contributed by atoms with Crippen LogP contribution in [0.1, 0.15) is 67.3 Å². The lowest BCUT2D eigenvalue weighted by Crippen LogP contribution is -2.30. The molecule has 2 heterocycles. The van der Waals surface area contributed by atoms with E-state index in [9.17, 15) is 28.0 Å². The van der Waals surface area contributed by atoms with Crippen molar-refractivity contribution in [3.63, 3.8) is 0 Å². The maximum Gasteiger partial charge on any atom is 0.255 e. The van der Waals surface area contributed by atoms with E-state index in [0.29, 0.717) is 92.2 Å². The average molecular weight is 965 g/mol. The van der Waals surface area contributed by atoms with Gasteiger partial charge >= 0.3 is 0 Å². The van der Waals surface area contributed by atoms with Crippen molar-refractivity contribution in [2.24, 2.45) is 5.41 Å². The van der Waals surface area contributed by atoms with E-state index in [4.69, 9.17) is 13.6 Å². The van der Waals surface area contributed by atoms with Gasteiger partial charge < -0.3 is 34.8 Å². The van der Waals surface area contributed by atoms with Gasteiger partial charge in [0, 0.05) is 65.6 Å². The summed E-state index contributed by atoms with van der Waals surface area (Å²) in [6.45, 7) is 5.17. The van der Waals surface area contributed by atoms with E-state index >= 15 is 0 Å². The minimum atomic E-state index is -0.397. The number of hydrogen-bond acceptors (Lipinski definition) is 7. The zero-order chi connectivity index (χ0) is 50.5. The molecule has 362 valence electrons. The van der Waals surface area contributed by atoms with Crippen molar-refractivity contribution in [1.82, 2.24) is 21.3 Å². The topological polar surface area (TPSA) is 152 Å². The van der Waals surface area contributed by atoms with Crippen LogP contribution < -0.4 is 26.0 Å². The summed E-state index contributed by atoms with van der Waals surface area (Å²) >= 11 is 0. The number of halogens is 2. The van der Waals surface area contributed by atoms with Gasteiger partial charge in [-0.05, 0) is 143 Å². The highest BCUT2D eigenvalue weighted by atomic mass is 19.1. The predicted octanol–water partition coefficient (Wildman–Crippen LogP) is 12.0. The van der Waals surface area contributed by atoms with Gasteiger partial charge in [-0.15, -0.1) is 0 Å². The number of hydrogen-bond donors (Lipinski definition) is 4. The molecule has 2 aromatic heterocycles. The van der Waals surface area contributed by atoms with Gasteiger partial charge in [0.1, 0.15) is 40.1 Å². The highest BCUT2D eigenvalue weighted by molar-refractivity contribution is 6.13. The van der Waals surface area contributed by atoms with E-state index < -0.39 is 11.6 Å². The van der Waals surface area contributed by atoms with Crippen molar-refractivity contribution in [3.05, 3.63) is 197 Å². The zero-order valence-electron chi connectivity index (χ0n) is 40.0. The first-order valence-corrected chi connectivity index (χ1v) is 23.4. The molecule has 4 N–H and O–H groups in total. The molecule has 0 radical (unpaired) electrons. The second kappa shape index (κ2) is 20.6. The molecule has 4 amide bonds. The second-order valence-corrected chi connectivity index (χ2v) is 18.2. The van der Waals surface area contributed by atoms with Crippen LogP contribution in [-0.4, -0.2) is 50.9 Å². The summed E-state index contributed by atoms with van der Waals surface area (Å²) in [5.41, 5.74) is 7.37. The van der Waals surface area contributed by atoms with Crippen molar-refractivity contribution in [2.45, 2.75) is 26.8 Å². The molecular formula is C59H50F2N4O7. The smallest absolute Gasteiger partial charge is 0.255 e. The molecular weight excluding hydrogens is 915 g/mol. The largest absolute Gasteiger partial charge is 0.493 e. The van der Waals surface area contributed by atoms with Gasteiger partial charge in [-0.1, -0.05) is 62.4 Å². The van der Waals surface area contributed by atoms with Crippen LogP contribution in [0.5, 0.6) is 5.75 Å². The molecule has 9 aromatic rings. The molecule has 7 aromatic carbocycles. The summed E-state index contributed by atoms with van der Waals surface area (Å²) in [5, 5.41) is 12.6. The summed E-state index contributed by atoms with van der Waals surface area (Å²) in [6.07, 6.45) is 0.630. The first-order valence-electron chi connectivity index (χ1n) is 23.4. The van der Waals surface area contributed by atoms with Crippen LogP contribution in [0, 0.1) is 17.0 Å². The average Bonchev–Trinajstić information content (AvgIpc) is 3.98. The Bertz CT molecular complexity index is 3510. The van der Waals surface area contributed by atoms with Gasteiger partial charge in [-0.25, -0.2) is 8.78 Å². The fourth-order valence-electron chi connectivity index (χ4n) is 8.54. The van der Waals surface area contributed by atoms with Crippen LogP contribution in [0.15, 0.2) is 167 Å². The van der Waals surface area contributed by atoms with E-state index in [-0.39, 0.29) is 35.6 Å². The lowest BCUT2D eigenvalue weighted by atomic mass is 9.90. The molecule has 0 aliphatic rings. The van der Waals surface area contributed by atoms with Crippen molar-refractivity contribution >= 4 is 45.6 Å². The van der Waals surface area contributed by atoms with Crippen LogP contribution >= 0.6 is 0 Å². The van der Waals surface area contributed by atoms with Crippen LogP contribution in [-0.2, 0) is 6.54 Å². The lowest BCUT2D eigenvalue weighted by molar-refractivity contribution is 0.0937. The molecule has 0 atom stereocenters. The standard InChI is InChI=1S/C59H50F2N4O7/c1-59(2,26-27-64-55(66)42-11-6-9-38(29-42)40-18-24-49-47(31-40)51(57(68)62-3)53(71-49)36-14-20-44(60)21-15-36)34-70-46-13-5-8-35(28-46)33-65-56(67)43-12-7-10-39(30-43)41-19-25-50-48(32-41)52(58(69)63-4)54(72-50)37-16-22-45(61)23-17-37/h5-25,28-32H,26-27,33-34H2,1-4H3,(H,62,68)(H,63,69)(H,64,66)(H,65,67). The number of rotatable bonds is 16. The van der Waals surface area contributed by atoms with Crippen LogP contribution in [0.3, 0.4) is 0 Å². The predicted molar refractivity (Wildman–Crippen MR) is 275 cm³/mol. The van der Waals surface area contributed by atoms with Gasteiger partial charge in [0.25, 0.3) is 23.6 Å². The Balaban J connectivity index is 0.790. The van der Waals surface area contributed by atoms with E-state index in [1.54, 1.807) is 66.7 Å². The zero-order valence-corrected chi connectivity index (χ0v) is 40.0. The molecule has 0 spiro atoms. The van der Waals surface area contributed by atoms with Crippen molar-refractivity contribution < 1.29 is 41.5 Å². The van der Waals surface area contributed by atoms with Crippen LogP contribution in [0.2, 0.25) is 0 Å². The first-order chi connectivity index (χ1) is 34.8. The third-order valence-electron chi connectivity index (χ3n) is 12.5. The number of carbonyl (C=O) groups is 4. The summed E-state index contributed by atoms with van der Waals surface area (Å²) in [6, 6.07) is 44.6. The monoisotopic (exact) mass is 964 g/mol. The Hall–Kier alpha value is -8.84. The molecule has 11 nitrogen and oxygen atoms in total. The summed E-state index contributed by atoms with van der Waals surface area (Å²) < 4.78 is 45.9. The Morgan fingerprint density at radius 2 is 0.972 bits per heavy atom. The van der Waals surface area contributed by atoms with Gasteiger partial charge in [-0.2, -0.15) is 0 Å². The van der Waals surface area contributed by atoms with Gasteiger partial charge in [0.15, 0.2) is 0 Å². The minimum absolute atomic E-state index is 0.227. The number of furan rings is 2. The Kier molecular flexibility index (Phi) is 13.8. The number of ether oxygens (including phenoxy) is 1. The Morgan fingerprint density at radius 1 is 0.514 bits per heavy atom. The quantitative estimate of drug-likeness (QED) is 0.0752. The molecule has 0 saturated heterocycles. The molecule has 0 saturated carbocycles. The van der Waals surface area contributed by atoms with Crippen LogP contribution in [0.4, 0.5) is 8.78 Å².